The Morgan fingerprint density at radius 3 is 2.80 bits per heavy atom. The van der Waals surface area contributed by atoms with E-state index in [2.05, 4.69) is 4.90 Å². The van der Waals surface area contributed by atoms with Gasteiger partial charge in [0.15, 0.2) is 0 Å². The molecule has 0 radical (unpaired) electrons. The van der Waals surface area contributed by atoms with Crippen LogP contribution in [0.5, 0.6) is 0 Å². The zero-order valence-electron chi connectivity index (χ0n) is 9.77. The van der Waals surface area contributed by atoms with E-state index in [1.165, 1.54) is 0 Å². The number of aliphatic hydroxyl groups excluding tert-OH is 1. The molecule has 88 valence electrons. The van der Waals surface area contributed by atoms with Gasteiger partial charge >= 0.3 is 0 Å². The number of ketones is 1. The fourth-order valence-electron chi connectivity index (χ4n) is 2.00. The Labute approximate surface area is 91.2 Å². The minimum absolute atomic E-state index is 0.0217. The first-order valence-corrected chi connectivity index (χ1v) is 5.61. The molecule has 3 atom stereocenters. The maximum absolute atomic E-state index is 11.6. The van der Waals surface area contributed by atoms with E-state index in [1.807, 2.05) is 20.8 Å². The van der Waals surface area contributed by atoms with Gasteiger partial charge in [0.1, 0.15) is 5.78 Å². The topological polar surface area (TPSA) is 49.8 Å². The third-order valence-electron chi connectivity index (χ3n) is 2.92. The van der Waals surface area contributed by atoms with Gasteiger partial charge in [-0.15, -0.1) is 0 Å². The number of rotatable bonds is 4. The van der Waals surface area contributed by atoms with Gasteiger partial charge in [0.25, 0.3) is 0 Å². The number of morpholine rings is 1. The molecule has 0 aromatic heterocycles. The van der Waals surface area contributed by atoms with Crippen molar-refractivity contribution in [2.45, 2.75) is 45.4 Å². The molecule has 1 saturated heterocycles. The molecule has 1 rings (SSSR count). The summed E-state index contributed by atoms with van der Waals surface area (Å²) < 4.78 is 5.53. The summed E-state index contributed by atoms with van der Waals surface area (Å²) in [6, 6.07) is -0.0598. The van der Waals surface area contributed by atoms with Crippen LogP contribution in [0.1, 0.15) is 27.2 Å². The molecular weight excluding hydrogens is 194 g/mol. The molecule has 1 aliphatic rings. The minimum Gasteiger partial charge on any atom is -0.394 e. The van der Waals surface area contributed by atoms with Crippen molar-refractivity contribution in [1.82, 2.24) is 4.90 Å². The van der Waals surface area contributed by atoms with Crippen LogP contribution in [0.2, 0.25) is 0 Å². The van der Waals surface area contributed by atoms with Crippen LogP contribution >= 0.6 is 0 Å². The number of Topliss-reactive ketones (excluding diaryl/α,β-unsaturated/α-hetero) is 1. The molecule has 15 heavy (non-hydrogen) atoms. The van der Waals surface area contributed by atoms with Gasteiger partial charge in [-0.3, -0.25) is 9.69 Å². The SMILES string of the molecule is CCC(=O)C(C)N1CC(C)OC(CO)C1. The Balaban J connectivity index is 2.57. The van der Waals surface area contributed by atoms with Crippen LogP contribution in [0.25, 0.3) is 0 Å². The van der Waals surface area contributed by atoms with Gasteiger partial charge in [0.05, 0.1) is 24.9 Å². The highest BCUT2D eigenvalue weighted by atomic mass is 16.5. The lowest BCUT2D eigenvalue weighted by Crippen LogP contribution is -2.53. The second-order valence-corrected chi connectivity index (χ2v) is 4.20. The number of hydrogen-bond donors (Lipinski definition) is 1. The number of carbonyl (C=O) groups excluding carboxylic acids is 1. The lowest BCUT2D eigenvalue weighted by Gasteiger charge is -2.38. The van der Waals surface area contributed by atoms with Gasteiger partial charge in [-0.05, 0) is 13.8 Å². The molecule has 0 bridgehead atoms. The summed E-state index contributed by atoms with van der Waals surface area (Å²) in [5, 5.41) is 9.07. The second-order valence-electron chi connectivity index (χ2n) is 4.20. The van der Waals surface area contributed by atoms with E-state index in [4.69, 9.17) is 9.84 Å². The Morgan fingerprint density at radius 2 is 2.27 bits per heavy atom. The number of hydrogen-bond acceptors (Lipinski definition) is 4. The molecular formula is C11H21NO3. The van der Waals surface area contributed by atoms with E-state index in [0.717, 1.165) is 6.54 Å². The van der Waals surface area contributed by atoms with Crippen molar-refractivity contribution in [2.24, 2.45) is 0 Å². The fraction of sp³-hybridized carbons (Fsp3) is 0.909. The third-order valence-corrected chi connectivity index (χ3v) is 2.92. The van der Waals surface area contributed by atoms with Gasteiger partial charge < -0.3 is 9.84 Å². The highest BCUT2D eigenvalue weighted by molar-refractivity contribution is 5.83. The largest absolute Gasteiger partial charge is 0.394 e. The molecule has 1 fully saturated rings. The number of ether oxygens (including phenoxy) is 1. The van der Waals surface area contributed by atoms with Crippen molar-refractivity contribution in [2.75, 3.05) is 19.7 Å². The van der Waals surface area contributed by atoms with Crippen LogP contribution in [0.15, 0.2) is 0 Å². The lowest BCUT2D eigenvalue weighted by molar-refractivity contribution is -0.133. The van der Waals surface area contributed by atoms with Crippen molar-refractivity contribution >= 4 is 5.78 Å². The van der Waals surface area contributed by atoms with Gasteiger partial charge in [0.2, 0.25) is 0 Å². The number of carbonyl (C=O) groups is 1. The molecule has 0 amide bonds. The molecule has 1 aliphatic heterocycles. The molecule has 0 aromatic rings. The molecule has 0 aliphatic carbocycles. The Bertz CT molecular complexity index is 220. The van der Waals surface area contributed by atoms with Crippen molar-refractivity contribution < 1.29 is 14.6 Å². The van der Waals surface area contributed by atoms with Crippen LogP contribution in [-0.2, 0) is 9.53 Å². The van der Waals surface area contributed by atoms with Gasteiger partial charge in [-0.2, -0.15) is 0 Å². The van der Waals surface area contributed by atoms with Crippen LogP contribution in [0.4, 0.5) is 0 Å². The zero-order chi connectivity index (χ0) is 11.4. The van der Waals surface area contributed by atoms with E-state index in [1.54, 1.807) is 0 Å². The third kappa shape index (κ3) is 3.26. The highest BCUT2D eigenvalue weighted by Crippen LogP contribution is 2.14. The summed E-state index contributed by atoms with van der Waals surface area (Å²) >= 11 is 0. The normalized spacial score (nSPS) is 30.1. The quantitative estimate of drug-likeness (QED) is 0.739. The first kappa shape index (κ1) is 12.6. The second kappa shape index (κ2) is 5.58. The summed E-state index contributed by atoms with van der Waals surface area (Å²) in [7, 11) is 0. The smallest absolute Gasteiger partial charge is 0.149 e. The Morgan fingerprint density at radius 1 is 1.60 bits per heavy atom. The molecule has 0 spiro atoms. The average molecular weight is 215 g/mol. The van der Waals surface area contributed by atoms with Crippen LogP contribution in [-0.4, -0.2) is 53.7 Å². The first-order valence-electron chi connectivity index (χ1n) is 5.61. The first-order chi connectivity index (χ1) is 7.08. The van der Waals surface area contributed by atoms with Gasteiger partial charge in [-0.1, -0.05) is 6.92 Å². The maximum Gasteiger partial charge on any atom is 0.149 e. The van der Waals surface area contributed by atoms with E-state index < -0.39 is 0 Å². The molecule has 3 unspecified atom stereocenters. The Kier molecular flexibility index (Phi) is 4.70. The average Bonchev–Trinajstić information content (AvgIpc) is 2.26. The highest BCUT2D eigenvalue weighted by Gasteiger charge is 2.29. The molecule has 0 saturated carbocycles. The summed E-state index contributed by atoms with van der Waals surface area (Å²) in [5.41, 5.74) is 0. The van der Waals surface area contributed by atoms with Crippen LogP contribution in [0, 0.1) is 0 Å². The van der Waals surface area contributed by atoms with Gasteiger partial charge in [-0.25, -0.2) is 0 Å². The fourth-order valence-corrected chi connectivity index (χ4v) is 2.00. The molecule has 1 heterocycles. The zero-order valence-corrected chi connectivity index (χ0v) is 9.77. The summed E-state index contributed by atoms with van der Waals surface area (Å²) in [5.74, 6) is 0.251. The van der Waals surface area contributed by atoms with Crippen LogP contribution < -0.4 is 0 Å². The standard InChI is InChI=1S/C11H21NO3/c1-4-11(14)9(3)12-5-8(2)15-10(6-12)7-13/h8-10,13H,4-7H2,1-3H3. The Hall–Kier alpha value is -0.450. The number of aliphatic hydroxyl groups is 1. The van der Waals surface area contributed by atoms with Crippen molar-refractivity contribution in [3.8, 4) is 0 Å². The lowest BCUT2D eigenvalue weighted by atomic mass is 10.1. The molecule has 1 N–H and O–H groups in total. The van der Waals surface area contributed by atoms with Crippen molar-refractivity contribution in [3.63, 3.8) is 0 Å². The van der Waals surface area contributed by atoms with E-state index >= 15 is 0 Å². The minimum atomic E-state index is -0.152. The molecule has 4 nitrogen and oxygen atoms in total. The van der Waals surface area contributed by atoms with E-state index in [0.29, 0.717) is 13.0 Å². The molecule has 4 heteroatoms. The van der Waals surface area contributed by atoms with E-state index in [9.17, 15) is 4.79 Å². The monoisotopic (exact) mass is 215 g/mol. The predicted molar refractivity (Wildman–Crippen MR) is 57.8 cm³/mol. The predicted octanol–water partition coefficient (Wildman–Crippen LogP) is 0.436. The maximum atomic E-state index is 11.6. The van der Waals surface area contributed by atoms with Crippen LogP contribution in [0.3, 0.4) is 0 Å². The summed E-state index contributed by atoms with van der Waals surface area (Å²) in [6.45, 7) is 7.22. The van der Waals surface area contributed by atoms with Crippen molar-refractivity contribution in [1.29, 1.82) is 0 Å². The summed E-state index contributed by atoms with van der Waals surface area (Å²) in [4.78, 5) is 13.7. The number of nitrogens with zero attached hydrogens (tertiary/aromatic N) is 1. The molecule has 0 aromatic carbocycles. The van der Waals surface area contributed by atoms with E-state index in [-0.39, 0.29) is 30.6 Å². The summed E-state index contributed by atoms with van der Waals surface area (Å²) in [6.07, 6.45) is 0.500. The van der Waals surface area contributed by atoms with Gasteiger partial charge in [0, 0.05) is 19.5 Å². The van der Waals surface area contributed by atoms with Crippen molar-refractivity contribution in [3.05, 3.63) is 0 Å².